The summed E-state index contributed by atoms with van der Waals surface area (Å²) in [6.45, 7) is 6.57. The number of carbonyl (C=O) groups excluding carboxylic acids is 1. The highest BCUT2D eigenvalue weighted by Crippen LogP contribution is 2.40. The molecule has 0 bridgehead atoms. The average Bonchev–Trinajstić information content (AvgIpc) is 3.10. The number of nitrogens with one attached hydrogen (secondary N) is 1. The number of rotatable bonds is 6. The second-order valence-corrected chi connectivity index (χ2v) is 9.58. The number of benzene rings is 1. The van der Waals surface area contributed by atoms with Crippen LogP contribution in [0, 0.1) is 11.2 Å². The van der Waals surface area contributed by atoms with E-state index < -0.39 is 17.8 Å². The van der Waals surface area contributed by atoms with E-state index in [0.717, 1.165) is 18.4 Å². The maximum atomic E-state index is 15.4. The van der Waals surface area contributed by atoms with E-state index >= 15 is 4.39 Å². The van der Waals surface area contributed by atoms with Crippen molar-refractivity contribution in [2.75, 3.05) is 16.8 Å². The van der Waals surface area contributed by atoms with E-state index in [-0.39, 0.29) is 23.1 Å². The molecule has 6 nitrogen and oxygen atoms in total. The molecule has 1 saturated heterocycles. The van der Waals surface area contributed by atoms with Gasteiger partial charge in [0.1, 0.15) is 12.4 Å². The largest absolute Gasteiger partial charge is 0.368 e. The summed E-state index contributed by atoms with van der Waals surface area (Å²) in [5.41, 5.74) is 6.22. The van der Waals surface area contributed by atoms with Crippen molar-refractivity contribution in [2.45, 2.75) is 52.1 Å². The van der Waals surface area contributed by atoms with Crippen LogP contribution < -0.4 is 16.0 Å². The third kappa shape index (κ3) is 5.13. The van der Waals surface area contributed by atoms with Crippen molar-refractivity contribution in [3.63, 3.8) is 0 Å². The third-order valence-corrected chi connectivity index (χ3v) is 5.65. The molecule has 0 spiro atoms. The van der Waals surface area contributed by atoms with Gasteiger partial charge in [0.15, 0.2) is 11.6 Å². The Morgan fingerprint density at radius 3 is 2.73 bits per heavy atom. The monoisotopic (exact) mass is 453 g/mol. The van der Waals surface area contributed by atoms with Gasteiger partial charge >= 0.3 is 0 Å². The number of nitrogens with two attached hydrogens (primary N) is 1. The summed E-state index contributed by atoms with van der Waals surface area (Å²) in [5.74, 6) is -1.05. The van der Waals surface area contributed by atoms with Gasteiger partial charge in [-0.2, -0.15) is 4.39 Å². The number of amides is 1. The second-order valence-electron chi connectivity index (χ2n) is 8.74. The van der Waals surface area contributed by atoms with Crippen molar-refractivity contribution in [1.29, 1.82) is 0 Å². The predicted molar refractivity (Wildman–Crippen MR) is 118 cm³/mol. The topological polar surface area (TPSA) is 84.1 Å². The standard InChI is InChI=1S/C21H26Cl2FN5O/c1-21(2,3)10-15(18(25)30)28-19-17(24)20(27-11-26-19)29-8-4-5-16(29)13-7-6-12(22)9-14(13)23/h6-7,9,11,15-16H,4-5,8,10H2,1-3H3,(H2,25,30)(H,26,27,28)/t15-,16?/m1/s1. The molecule has 2 heterocycles. The van der Waals surface area contributed by atoms with Crippen LogP contribution in [0.5, 0.6) is 0 Å². The van der Waals surface area contributed by atoms with Crippen LogP contribution in [0.1, 0.15) is 51.6 Å². The van der Waals surface area contributed by atoms with Crippen molar-refractivity contribution in [2.24, 2.45) is 11.1 Å². The molecule has 0 aliphatic carbocycles. The summed E-state index contributed by atoms with van der Waals surface area (Å²) >= 11 is 12.4. The molecular weight excluding hydrogens is 428 g/mol. The highest BCUT2D eigenvalue weighted by molar-refractivity contribution is 6.35. The Morgan fingerprint density at radius 2 is 2.10 bits per heavy atom. The Hall–Kier alpha value is -2.12. The van der Waals surface area contributed by atoms with Gasteiger partial charge in [0, 0.05) is 16.6 Å². The molecular formula is C21H26Cl2FN5O. The summed E-state index contributed by atoms with van der Waals surface area (Å²) < 4.78 is 15.4. The van der Waals surface area contributed by atoms with Crippen LogP contribution in [0.3, 0.4) is 0 Å². The summed E-state index contributed by atoms with van der Waals surface area (Å²) in [4.78, 5) is 22.0. The molecule has 3 N–H and O–H groups in total. The van der Waals surface area contributed by atoms with Gasteiger partial charge in [0.2, 0.25) is 11.7 Å². The van der Waals surface area contributed by atoms with Crippen LogP contribution in [0.25, 0.3) is 0 Å². The Bertz CT molecular complexity index is 934. The van der Waals surface area contributed by atoms with E-state index in [9.17, 15) is 4.79 Å². The molecule has 1 aromatic carbocycles. The maximum absolute atomic E-state index is 15.4. The van der Waals surface area contributed by atoms with E-state index in [1.165, 1.54) is 6.33 Å². The van der Waals surface area contributed by atoms with Gasteiger partial charge in [-0.1, -0.05) is 50.0 Å². The maximum Gasteiger partial charge on any atom is 0.239 e. The summed E-state index contributed by atoms with van der Waals surface area (Å²) in [7, 11) is 0. The lowest BCUT2D eigenvalue weighted by atomic mass is 9.88. The van der Waals surface area contributed by atoms with E-state index in [2.05, 4.69) is 15.3 Å². The predicted octanol–water partition coefficient (Wildman–Crippen LogP) is 4.97. The summed E-state index contributed by atoms with van der Waals surface area (Å²) in [6.07, 6.45) is 3.40. The van der Waals surface area contributed by atoms with Crippen LogP contribution in [0.15, 0.2) is 24.5 Å². The lowest BCUT2D eigenvalue weighted by Crippen LogP contribution is -2.39. The fourth-order valence-corrected chi connectivity index (χ4v) is 4.31. The summed E-state index contributed by atoms with van der Waals surface area (Å²) in [5, 5.41) is 3.95. The first kappa shape index (κ1) is 22.6. The zero-order valence-electron chi connectivity index (χ0n) is 17.3. The van der Waals surface area contributed by atoms with E-state index in [1.807, 2.05) is 31.7 Å². The molecule has 0 radical (unpaired) electrons. The summed E-state index contributed by atoms with van der Waals surface area (Å²) in [6, 6.07) is 4.43. The van der Waals surface area contributed by atoms with Gasteiger partial charge in [-0.3, -0.25) is 4.79 Å². The molecule has 2 aromatic rings. The first-order valence-corrected chi connectivity index (χ1v) is 10.6. The molecule has 1 aliphatic rings. The first-order chi connectivity index (χ1) is 14.1. The van der Waals surface area contributed by atoms with Gasteiger partial charge in [-0.05, 0) is 42.4 Å². The minimum absolute atomic E-state index is 0.0408. The zero-order chi connectivity index (χ0) is 22.1. The quantitative estimate of drug-likeness (QED) is 0.644. The normalized spacial score (nSPS) is 17.8. The van der Waals surface area contributed by atoms with Crippen molar-refractivity contribution in [3.05, 3.63) is 46.0 Å². The van der Waals surface area contributed by atoms with Crippen molar-refractivity contribution < 1.29 is 9.18 Å². The number of hydrogen-bond donors (Lipinski definition) is 2. The van der Waals surface area contributed by atoms with Gasteiger partial charge in [-0.25, -0.2) is 9.97 Å². The van der Waals surface area contributed by atoms with E-state index in [1.54, 1.807) is 12.1 Å². The molecule has 1 unspecified atom stereocenters. The molecule has 162 valence electrons. The molecule has 1 fully saturated rings. The van der Waals surface area contributed by atoms with Crippen LogP contribution in [-0.4, -0.2) is 28.5 Å². The first-order valence-electron chi connectivity index (χ1n) is 9.85. The Morgan fingerprint density at radius 1 is 1.37 bits per heavy atom. The number of anilines is 2. The zero-order valence-corrected chi connectivity index (χ0v) is 18.8. The molecule has 0 saturated carbocycles. The second kappa shape index (κ2) is 8.94. The van der Waals surface area contributed by atoms with Crippen LogP contribution >= 0.6 is 23.2 Å². The Kier molecular flexibility index (Phi) is 6.72. The van der Waals surface area contributed by atoms with Crippen molar-refractivity contribution >= 4 is 40.7 Å². The van der Waals surface area contributed by atoms with Crippen LogP contribution in [0.2, 0.25) is 10.0 Å². The molecule has 1 amide bonds. The third-order valence-electron chi connectivity index (χ3n) is 5.09. The Balaban J connectivity index is 1.91. The number of aromatic nitrogens is 2. The van der Waals surface area contributed by atoms with E-state index in [0.29, 0.717) is 23.0 Å². The van der Waals surface area contributed by atoms with Crippen molar-refractivity contribution in [1.82, 2.24) is 9.97 Å². The highest BCUT2D eigenvalue weighted by atomic mass is 35.5. The molecule has 3 rings (SSSR count). The highest BCUT2D eigenvalue weighted by Gasteiger charge is 2.32. The number of halogens is 3. The molecule has 30 heavy (non-hydrogen) atoms. The average molecular weight is 454 g/mol. The van der Waals surface area contributed by atoms with Crippen LogP contribution in [0.4, 0.5) is 16.0 Å². The van der Waals surface area contributed by atoms with Gasteiger partial charge in [-0.15, -0.1) is 0 Å². The number of hydrogen-bond acceptors (Lipinski definition) is 5. The van der Waals surface area contributed by atoms with E-state index in [4.69, 9.17) is 28.9 Å². The SMILES string of the molecule is CC(C)(C)C[C@@H](Nc1ncnc(N2CCCC2c2ccc(Cl)cc2Cl)c1F)C(N)=O. The minimum Gasteiger partial charge on any atom is -0.368 e. The lowest BCUT2D eigenvalue weighted by molar-refractivity contribution is -0.119. The van der Waals surface area contributed by atoms with Gasteiger partial charge in [0.05, 0.1) is 6.04 Å². The number of carbonyl (C=O) groups is 1. The number of nitrogens with zero attached hydrogens (tertiary/aromatic N) is 3. The minimum atomic E-state index is -0.748. The molecule has 1 aromatic heterocycles. The van der Waals surface area contributed by atoms with Gasteiger partial charge in [0.25, 0.3) is 0 Å². The fraction of sp³-hybridized carbons (Fsp3) is 0.476. The van der Waals surface area contributed by atoms with Crippen LogP contribution in [-0.2, 0) is 4.79 Å². The fourth-order valence-electron chi connectivity index (χ4n) is 3.78. The lowest BCUT2D eigenvalue weighted by Gasteiger charge is -2.28. The molecule has 1 aliphatic heterocycles. The molecule has 9 heteroatoms. The smallest absolute Gasteiger partial charge is 0.239 e. The molecule has 2 atom stereocenters. The Labute approximate surface area is 186 Å². The number of primary amides is 1. The van der Waals surface area contributed by atoms with Gasteiger partial charge < -0.3 is 16.0 Å². The van der Waals surface area contributed by atoms with Crippen molar-refractivity contribution in [3.8, 4) is 0 Å².